The SMILES string of the molecule is Cc1ncccc1NC(=O)N1CC(C)(OCC(=O)O)C1. The van der Waals surface area contributed by atoms with E-state index in [9.17, 15) is 9.59 Å². The van der Waals surface area contributed by atoms with Gasteiger partial charge in [0.25, 0.3) is 0 Å². The van der Waals surface area contributed by atoms with Crippen LogP contribution in [-0.4, -0.2) is 52.3 Å². The third-order valence-electron chi connectivity index (χ3n) is 3.13. The fourth-order valence-electron chi connectivity index (χ4n) is 2.04. The van der Waals surface area contributed by atoms with Crippen LogP contribution in [0.2, 0.25) is 0 Å². The zero-order chi connectivity index (χ0) is 14.8. The quantitative estimate of drug-likeness (QED) is 0.861. The van der Waals surface area contributed by atoms with Gasteiger partial charge in [-0.25, -0.2) is 9.59 Å². The molecule has 2 rings (SSSR count). The van der Waals surface area contributed by atoms with Crippen molar-refractivity contribution in [2.45, 2.75) is 19.4 Å². The third kappa shape index (κ3) is 3.24. The lowest BCUT2D eigenvalue weighted by Crippen LogP contribution is -2.64. The van der Waals surface area contributed by atoms with Gasteiger partial charge in [0.1, 0.15) is 12.2 Å². The first kappa shape index (κ1) is 14.3. The Balaban J connectivity index is 1.85. The van der Waals surface area contributed by atoms with Gasteiger partial charge in [0.05, 0.1) is 24.5 Å². The normalized spacial score (nSPS) is 16.4. The summed E-state index contributed by atoms with van der Waals surface area (Å²) < 4.78 is 5.25. The van der Waals surface area contributed by atoms with Gasteiger partial charge < -0.3 is 20.1 Å². The Hall–Kier alpha value is -2.15. The number of anilines is 1. The molecule has 7 nitrogen and oxygen atoms in total. The van der Waals surface area contributed by atoms with Crippen LogP contribution in [0, 0.1) is 6.92 Å². The molecule has 1 aliphatic rings. The van der Waals surface area contributed by atoms with E-state index in [0.29, 0.717) is 18.8 Å². The van der Waals surface area contributed by atoms with E-state index in [1.54, 1.807) is 30.2 Å². The minimum Gasteiger partial charge on any atom is -0.480 e. The maximum atomic E-state index is 12.0. The topological polar surface area (TPSA) is 91.8 Å². The predicted octanol–water partition coefficient (Wildman–Crippen LogP) is 1.10. The van der Waals surface area contributed by atoms with Gasteiger partial charge in [-0.3, -0.25) is 4.98 Å². The van der Waals surface area contributed by atoms with Crippen molar-refractivity contribution in [3.05, 3.63) is 24.0 Å². The molecule has 0 unspecified atom stereocenters. The van der Waals surface area contributed by atoms with Gasteiger partial charge in [0.15, 0.2) is 0 Å². The molecule has 0 spiro atoms. The zero-order valence-electron chi connectivity index (χ0n) is 11.4. The highest BCUT2D eigenvalue weighted by Gasteiger charge is 2.42. The highest BCUT2D eigenvalue weighted by molar-refractivity contribution is 5.90. The van der Waals surface area contributed by atoms with Gasteiger partial charge in [-0.05, 0) is 26.0 Å². The largest absolute Gasteiger partial charge is 0.480 e. The van der Waals surface area contributed by atoms with Crippen LogP contribution in [0.25, 0.3) is 0 Å². The number of nitrogens with zero attached hydrogens (tertiary/aromatic N) is 2. The summed E-state index contributed by atoms with van der Waals surface area (Å²) >= 11 is 0. The maximum absolute atomic E-state index is 12.0. The fraction of sp³-hybridized carbons (Fsp3) is 0.462. The van der Waals surface area contributed by atoms with Crippen molar-refractivity contribution in [3.63, 3.8) is 0 Å². The molecule has 1 fully saturated rings. The molecule has 0 radical (unpaired) electrons. The zero-order valence-corrected chi connectivity index (χ0v) is 11.4. The number of aromatic nitrogens is 1. The maximum Gasteiger partial charge on any atom is 0.329 e. The molecule has 2 N–H and O–H groups in total. The van der Waals surface area contributed by atoms with Crippen LogP contribution in [0.4, 0.5) is 10.5 Å². The van der Waals surface area contributed by atoms with Gasteiger partial charge in [-0.2, -0.15) is 0 Å². The minimum absolute atomic E-state index is 0.238. The Labute approximate surface area is 116 Å². The lowest BCUT2D eigenvalue weighted by Gasteiger charge is -2.46. The summed E-state index contributed by atoms with van der Waals surface area (Å²) in [6.07, 6.45) is 1.66. The smallest absolute Gasteiger partial charge is 0.329 e. The third-order valence-corrected chi connectivity index (χ3v) is 3.13. The summed E-state index contributed by atoms with van der Waals surface area (Å²) in [7, 11) is 0. The molecule has 1 aromatic rings. The number of hydrogen-bond donors (Lipinski definition) is 2. The minimum atomic E-state index is -1.01. The number of hydrogen-bond acceptors (Lipinski definition) is 4. The highest BCUT2D eigenvalue weighted by Crippen LogP contribution is 2.25. The molecule has 1 aromatic heterocycles. The molecule has 0 aliphatic carbocycles. The summed E-state index contributed by atoms with van der Waals surface area (Å²) in [5.41, 5.74) is 0.823. The van der Waals surface area contributed by atoms with E-state index in [2.05, 4.69) is 10.3 Å². The summed E-state index contributed by atoms with van der Waals surface area (Å²) in [6, 6.07) is 3.29. The molecule has 2 heterocycles. The van der Waals surface area contributed by atoms with E-state index in [1.807, 2.05) is 6.92 Å². The first-order valence-corrected chi connectivity index (χ1v) is 6.23. The van der Waals surface area contributed by atoms with Crippen LogP contribution >= 0.6 is 0 Å². The predicted molar refractivity (Wildman–Crippen MR) is 71.6 cm³/mol. The Kier molecular flexibility index (Phi) is 3.89. The Morgan fingerprint density at radius 2 is 2.25 bits per heavy atom. The van der Waals surface area contributed by atoms with Gasteiger partial charge >= 0.3 is 12.0 Å². The Bertz CT molecular complexity index is 526. The Morgan fingerprint density at radius 1 is 1.55 bits per heavy atom. The lowest BCUT2D eigenvalue weighted by molar-refractivity contribution is -0.159. The number of pyridine rings is 1. The van der Waals surface area contributed by atoms with E-state index in [-0.39, 0.29) is 12.6 Å². The van der Waals surface area contributed by atoms with E-state index in [1.165, 1.54) is 0 Å². The van der Waals surface area contributed by atoms with Crippen LogP contribution in [-0.2, 0) is 9.53 Å². The summed E-state index contributed by atoms with van der Waals surface area (Å²) in [5, 5.41) is 11.3. The number of carbonyl (C=O) groups excluding carboxylic acids is 1. The number of carboxylic acid groups (broad SMARTS) is 1. The van der Waals surface area contributed by atoms with Gasteiger partial charge in [-0.1, -0.05) is 0 Å². The standard InChI is InChI=1S/C13H17N3O4/c1-9-10(4-3-5-14-9)15-12(19)16-7-13(2,8-16)20-6-11(17)18/h3-5H,6-8H2,1-2H3,(H,15,19)(H,17,18). The molecule has 1 saturated heterocycles. The molecule has 0 bridgehead atoms. The molecule has 7 heteroatoms. The van der Waals surface area contributed by atoms with Gasteiger partial charge in [0, 0.05) is 6.20 Å². The van der Waals surface area contributed by atoms with Crippen LogP contribution in [0.3, 0.4) is 0 Å². The van der Waals surface area contributed by atoms with Crippen molar-refractivity contribution < 1.29 is 19.4 Å². The van der Waals surface area contributed by atoms with Crippen molar-refractivity contribution in [2.24, 2.45) is 0 Å². The second kappa shape index (κ2) is 5.46. The molecule has 108 valence electrons. The molecule has 1 aliphatic heterocycles. The fourth-order valence-corrected chi connectivity index (χ4v) is 2.04. The van der Waals surface area contributed by atoms with Crippen molar-refractivity contribution in [3.8, 4) is 0 Å². The average Bonchev–Trinajstić information content (AvgIpc) is 2.35. The van der Waals surface area contributed by atoms with Gasteiger partial charge in [-0.15, -0.1) is 0 Å². The molecule has 0 atom stereocenters. The average molecular weight is 279 g/mol. The van der Waals surface area contributed by atoms with Crippen molar-refractivity contribution in [1.82, 2.24) is 9.88 Å². The van der Waals surface area contributed by atoms with Crippen molar-refractivity contribution in [2.75, 3.05) is 25.0 Å². The number of carbonyl (C=O) groups is 2. The first-order valence-electron chi connectivity index (χ1n) is 6.23. The van der Waals surface area contributed by atoms with Crippen LogP contribution in [0.15, 0.2) is 18.3 Å². The second-order valence-electron chi connectivity index (χ2n) is 5.05. The number of carboxylic acids is 1. The van der Waals surface area contributed by atoms with Gasteiger partial charge in [0.2, 0.25) is 0 Å². The molecule has 20 heavy (non-hydrogen) atoms. The monoisotopic (exact) mass is 279 g/mol. The van der Waals surface area contributed by atoms with E-state index in [0.717, 1.165) is 5.69 Å². The lowest BCUT2D eigenvalue weighted by atomic mass is 9.97. The number of aliphatic carboxylic acids is 1. The number of aryl methyl sites for hydroxylation is 1. The first-order chi connectivity index (χ1) is 9.39. The number of rotatable bonds is 4. The molecule has 0 saturated carbocycles. The summed E-state index contributed by atoms with van der Waals surface area (Å²) in [4.78, 5) is 28.1. The van der Waals surface area contributed by atoms with Crippen LogP contribution < -0.4 is 5.32 Å². The molecular formula is C13H17N3O4. The van der Waals surface area contributed by atoms with E-state index >= 15 is 0 Å². The Morgan fingerprint density at radius 3 is 2.85 bits per heavy atom. The number of ether oxygens (including phenoxy) is 1. The van der Waals surface area contributed by atoms with Crippen molar-refractivity contribution >= 4 is 17.7 Å². The second-order valence-corrected chi connectivity index (χ2v) is 5.05. The number of likely N-dealkylation sites (tertiary alicyclic amines) is 1. The van der Waals surface area contributed by atoms with E-state index < -0.39 is 11.6 Å². The number of amides is 2. The van der Waals surface area contributed by atoms with Crippen molar-refractivity contribution in [1.29, 1.82) is 0 Å². The summed E-state index contributed by atoms with van der Waals surface area (Å²) in [6.45, 7) is 3.98. The highest BCUT2D eigenvalue weighted by atomic mass is 16.5. The van der Waals surface area contributed by atoms with E-state index in [4.69, 9.17) is 9.84 Å². The molecule has 2 amide bonds. The van der Waals surface area contributed by atoms with Crippen LogP contribution in [0.5, 0.6) is 0 Å². The van der Waals surface area contributed by atoms with Crippen LogP contribution in [0.1, 0.15) is 12.6 Å². The number of nitrogens with one attached hydrogen (secondary N) is 1. The summed E-state index contributed by atoms with van der Waals surface area (Å²) in [5.74, 6) is -1.01. The number of urea groups is 1. The molecular weight excluding hydrogens is 262 g/mol. The molecule has 0 aromatic carbocycles.